The van der Waals surface area contributed by atoms with Crippen molar-refractivity contribution in [1.29, 1.82) is 0 Å². The number of rotatable bonds is 5. The Hall–Kier alpha value is -3.93. The van der Waals surface area contributed by atoms with Gasteiger partial charge < -0.3 is 23.9 Å². The molecule has 0 atom stereocenters. The average Bonchev–Trinajstić information content (AvgIpc) is 3.16. The van der Waals surface area contributed by atoms with E-state index in [4.69, 9.17) is 18.6 Å². The number of ether oxygens (including phenoxy) is 3. The van der Waals surface area contributed by atoms with E-state index in [1.165, 1.54) is 0 Å². The van der Waals surface area contributed by atoms with Gasteiger partial charge in [-0.25, -0.2) is 0 Å². The lowest BCUT2D eigenvalue weighted by Gasteiger charge is -2.09. The SMILES string of the molecule is O=C(Nc1ccc2c(c1)OCCCO2)c1ccc(COc2ccc3ccccc3c2)o1. The van der Waals surface area contributed by atoms with Crippen molar-refractivity contribution < 1.29 is 23.4 Å². The number of amides is 1. The first-order valence-corrected chi connectivity index (χ1v) is 10.2. The standard InChI is InChI=1S/C25H21NO5/c27-25(26-19-7-10-22-24(15-19)29-13-3-12-28-22)23-11-9-21(31-23)16-30-20-8-6-17-4-1-2-5-18(17)14-20/h1-2,4-11,14-15H,3,12-13,16H2,(H,26,27). The van der Waals surface area contributed by atoms with Gasteiger partial charge in [0.05, 0.1) is 13.2 Å². The average molecular weight is 415 g/mol. The van der Waals surface area contributed by atoms with E-state index in [1.807, 2.05) is 36.4 Å². The van der Waals surface area contributed by atoms with Gasteiger partial charge in [-0.05, 0) is 47.2 Å². The number of furan rings is 1. The molecule has 6 nitrogen and oxygen atoms in total. The van der Waals surface area contributed by atoms with Crippen molar-refractivity contribution in [1.82, 2.24) is 0 Å². The van der Waals surface area contributed by atoms with E-state index < -0.39 is 0 Å². The maximum Gasteiger partial charge on any atom is 0.291 e. The van der Waals surface area contributed by atoms with Gasteiger partial charge >= 0.3 is 0 Å². The van der Waals surface area contributed by atoms with Gasteiger partial charge in [-0.15, -0.1) is 0 Å². The quantitative estimate of drug-likeness (QED) is 0.471. The summed E-state index contributed by atoms with van der Waals surface area (Å²) in [6.45, 7) is 1.44. The summed E-state index contributed by atoms with van der Waals surface area (Å²) in [5.41, 5.74) is 0.611. The topological polar surface area (TPSA) is 69.9 Å². The van der Waals surface area contributed by atoms with Crippen molar-refractivity contribution in [3.8, 4) is 17.2 Å². The molecule has 0 spiro atoms. The summed E-state index contributed by atoms with van der Waals surface area (Å²) in [4.78, 5) is 12.6. The molecule has 1 N–H and O–H groups in total. The first kappa shape index (κ1) is 19.1. The molecule has 1 amide bonds. The summed E-state index contributed by atoms with van der Waals surface area (Å²) in [6, 6.07) is 22.7. The third-order valence-electron chi connectivity index (χ3n) is 4.99. The second-order valence-corrected chi connectivity index (χ2v) is 7.23. The first-order valence-electron chi connectivity index (χ1n) is 10.2. The number of fused-ring (bicyclic) bond motifs is 2. The van der Waals surface area contributed by atoms with Gasteiger partial charge in [0.2, 0.25) is 0 Å². The Morgan fingerprint density at radius 2 is 1.71 bits per heavy atom. The molecule has 0 saturated heterocycles. The van der Waals surface area contributed by atoms with Crippen LogP contribution in [0.3, 0.4) is 0 Å². The van der Waals surface area contributed by atoms with Crippen LogP contribution in [-0.2, 0) is 6.61 Å². The van der Waals surface area contributed by atoms with Crippen LogP contribution in [0.5, 0.6) is 17.2 Å². The van der Waals surface area contributed by atoms with E-state index in [0.717, 1.165) is 22.9 Å². The van der Waals surface area contributed by atoms with Crippen molar-refractivity contribution in [2.75, 3.05) is 18.5 Å². The Morgan fingerprint density at radius 1 is 0.871 bits per heavy atom. The molecule has 0 fully saturated rings. The Bertz CT molecular complexity index is 1230. The second-order valence-electron chi connectivity index (χ2n) is 7.23. The molecule has 1 aromatic heterocycles. The Morgan fingerprint density at radius 3 is 2.61 bits per heavy atom. The fraction of sp³-hybridized carbons (Fsp3) is 0.160. The van der Waals surface area contributed by atoms with E-state index in [9.17, 15) is 4.79 Å². The molecule has 5 rings (SSSR count). The maximum atomic E-state index is 12.6. The predicted molar refractivity (Wildman–Crippen MR) is 117 cm³/mol. The number of hydrogen-bond acceptors (Lipinski definition) is 5. The minimum Gasteiger partial charge on any atom is -0.490 e. The predicted octanol–water partition coefficient (Wildman–Crippen LogP) is 5.43. The fourth-order valence-corrected chi connectivity index (χ4v) is 3.42. The lowest BCUT2D eigenvalue weighted by Crippen LogP contribution is -2.11. The molecule has 2 heterocycles. The molecule has 0 bridgehead atoms. The molecule has 1 aliphatic heterocycles. The number of benzene rings is 3. The Balaban J connectivity index is 1.22. The number of nitrogens with one attached hydrogen (secondary N) is 1. The smallest absolute Gasteiger partial charge is 0.291 e. The highest BCUT2D eigenvalue weighted by molar-refractivity contribution is 6.02. The molecule has 0 aliphatic carbocycles. The highest BCUT2D eigenvalue weighted by Crippen LogP contribution is 2.32. The molecule has 3 aromatic carbocycles. The molecule has 0 unspecified atom stereocenters. The number of carbonyl (C=O) groups is 1. The van der Waals surface area contributed by atoms with Crippen molar-refractivity contribution in [3.05, 3.63) is 84.3 Å². The summed E-state index contributed by atoms with van der Waals surface area (Å²) in [7, 11) is 0. The van der Waals surface area contributed by atoms with Crippen LogP contribution in [0.15, 0.2) is 77.2 Å². The third-order valence-corrected chi connectivity index (χ3v) is 4.99. The van der Waals surface area contributed by atoms with Gasteiger partial charge in [-0.1, -0.05) is 30.3 Å². The molecule has 0 saturated carbocycles. The van der Waals surface area contributed by atoms with Crippen molar-refractivity contribution >= 4 is 22.4 Å². The Labute approximate surface area is 179 Å². The molecule has 1 aliphatic rings. The van der Waals surface area contributed by atoms with E-state index in [1.54, 1.807) is 30.3 Å². The zero-order valence-corrected chi connectivity index (χ0v) is 16.8. The molecule has 156 valence electrons. The monoisotopic (exact) mass is 415 g/mol. The van der Waals surface area contributed by atoms with Crippen LogP contribution in [0.1, 0.15) is 22.7 Å². The van der Waals surface area contributed by atoms with Gasteiger partial charge in [0, 0.05) is 18.2 Å². The highest BCUT2D eigenvalue weighted by Gasteiger charge is 2.15. The van der Waals surface area contributed by atoms with E-state index >= 15 is 0 Å². The van der Waals surface area contributed by atoms with Crippen LogP contribution >= 0.6 is 0 Å². The fourth-order valence-electron chi connectivity index (χ4n) is 3.42. The summed E-state index contributed by atoms with van der Waals surface area (Å²) < 4.78 is 22.8. The first-order chi connectivity index (χ1) is 15.2. The minimum atomic E-state index is -0.341. The van der Waals surface area contributed by atoms with Gasteiger partial charge in [0.25, 0.3) is 5.91 Å². The number of hydrogen-bond donors (Lipinski definition) is 1. The molecule has 31 heavy (non-hydrogen) atoms. The number of anilines is 1. The lowest BCUT2D eigenvalue weighted by atomic mass is 10.1. The Kier molecular flexibility index (Phi) is 5.19. The molecular formula is C25H21NO5. The van der Waals surface area contributed by atoms with Crippen LogP contribution in [0.2, 0.25) is 0 Å². The van der Waals surface area contributed by atoms with Gasteiger partial charge in [-0.3, -0.25) is 4.79 Å². The van der Waals surface area contributed by atoms with Crippen molar-refractivity contribution in [2.24, 2.45) is 0 Å². The number of carbonyl (C=O) groups excluding carboxylic acids is 1. The summed E-state index contributed by atoms with van der Waals surface area (Å²) in [5, 5.41) is 5.09. The summed E-state index contributed by atoms with van der Waals surface area (Å²) >= 11 is 0. The van der Waals surface area contributed by atoms with Gasteiger partial charge in [0.15, 0.2) is 17.3 Å². The molecule has 0 radical (unpaired) electrons. The van der Waals surface area contributed by atoms with Gasteiger partial charge in [0.1, 0.15) is 18.1 Å². The van der Waals surface area contributed by atoms with Gasteiger partial charge in [-0.2, -0.15) is 0 Å². The molecular weight excluding hydrogens is 394 g/mol. The maximum absolute atomic E-state index is 12.6. The van der Waals surface area contributed by atoms with Crippen LogP contribution in [0, 0.1) is 0 Å². The highest BCUT2D eigenvalue weighted by atomic mass is 16.5. The van der Waals surface area contributed by atoms with Crippen LogP contribution < -0.4 is 19.5 Å². The largest absolute Gasteiger partial charge is 0.490 e. The van der Waals surface area contributed by atoms with E-state index in [2.05, 4.69) is 11.4 Å². The minimum absolute atomic E-state index is 0.212. The third kappa shape index (κ3) is 4.33. The molecule has 6 heteroatoms. The second kappa shape index (κ2) is 8.44. The van der Waals surface area contributed by atoms with Crippen LogP contribution in [0.25, 0.3) is 10.8 Å². The summed E-state index contributed by atoms with van der Waals surface area (Å²) in [6.07, 6.45) is 0.826. The van der Waals surface area contributed by atoms with Crippen molar-refractivity contribution in [2.45, 2.75) is 13.0 Å². The van der Waals surface area contributed by atoms with E-state index in [0.29, 0.717) is 36.2 Å². The zero-order chi connectivity index (χ0) is 21.0. The summed E-state index contributed by atoms with van der Waals surface area (Å²) in [5.74, 6) is 2.49. The van der Waals surface area contributed by atoms with E-state index in [-0.39, 0.29) is 18.3 Å². The zero-order valence-electron chi connectivity index (χ0n) is 16.8. The normalized spacial score (nSPS) is 12.9. The van der Waals surface area contributed by atoms with Crippen LogP contribution in [0.4, 0.5) is 5.69 Å². The van der Waals surface area contributed by atoms with Crippen LogP contribution in [-0.4, -0.2) is 19.1 Å². The van der Waals surface area contributed by atoms with Crippen molar-refractivity contribution in [3.63, 3.8) is 0 Å². The molecule has 4 aromatic rings. The lowest BCUT2D eigenvalue weighted by molar-refractivity contribution is 0.0992.